The van der Waals surface area contributed by atoms with Crippen molar-refractivity contribution in [3.8, 4) is 0 Å². The maximum Gasteiger partial charge on any atom is 0.486 e. The molecule has 0 fully saturated rings. The summed E-state index contributed by atoms with van der Waals surface area (Å²) in [5.41, 5.74) is -1.86. The van der Waals surface area contributed by atoms with Gasteiger partial charge in [0, 0.05) is 6.42 Å². The minimum atomic E-state index is -5.36. The molecular weight excluding hydrogens is 387 g/mol. The average molecular weight is 400 g/mol. The smallest absolute Gasteiger partial charge is 0.393 e. The van der Waals surface area contributed by atoms with Gasteiger partial charge in [-0.2, -0.15) is 13.2 Å². The number of hydrogen-bond donors (Lipinski definition) is 1. The zero-order valence-electron chi connectivity index (χ0n) is 10.2. The van der Waals surface area contributed by atoms with Crippen LogP contribution in [0.5, 0.6) is 0 Å². The topological polar surface area (TPSA) is 55.8 Å². The minimum absolute atomic E-state index is 0.0949. The van der Waals surface area contributed by atoms with Gasteiger partial charge in [0.15, 0.2) is 0 Å². The van der Waals surface area contributed by atoms with Crippen molar-refractivity contribution in [2.24, 2.45) is 0 Å². The molecule has 4 nitrogen and oxygen atoms in total. The van der Waals surface area contributed by atoms with Crippen molar-refractivity contribution < 1.29 is 36.9 Å². The molecule has 0 saturated carbocycles. The van der Waals surface area contributed by atoms with Crippen LogP contribution in [0.1, 0.15) is 20.3 Å². The van der Waals surface area contributed by atoms with E-state index in [0.717, 1.165) is 29.5 Å². The second-order valence-corrected chi connectivity index (χ2v) is 4.88. The molecule has 2 atom stereocenters. The van der Waals surface area contributed by atoms with Crippen LogP contribution in [0, 0.1) is 0 Å². The van der Waals surface area contributed by atoms with E-state index in [0.29, 0.717) is 0 Å². The monoisotopic (exact) mass is 400 g/mol. The van der Waals surface area contributed by atoms with Crippen LogP contribution in [0.4, 0.5) is 22.4 Å². The molecule has 9 heteroatoms. The molecule has 0 aliphatic heterocycles. The summed E-state index contributed by atoms with van der Waals surface area (Å²) in [6.07, 6.45) is -5.84. The normalized spacial score (nSPS) is 18.3. The van der Waals surface area contributed by atoms with E-state index < -0.39 is 34.8 Å². The Labute approximate surface area is 120 Å². The summed E-state index contributed by atoms with van der Waals surface area (Å²) >= 11 is 0.897. The van der Waals surface area contributed by atoms with Crippen LogP contribution in [-0.4, -0.2) is 33.5 Å². The van der Waals surface area contributed by atoms with Crippen molar-refractivity contribution >= 4 is 26.6 Å². The highest BCUT2D eigenvalue weighted by atomic mass is 127. The first-order chi connectivity index (χ1) is 8.32. The number of halogens is 5. The van der Waals surface area contributed by atoms with E-state index in [9.17, 15) is 22.4 Å². The summed E-state index contributed by atoms with van der Waals surface area (Å²) < 4.78 is 57.5. The van der Waals surface area contributed by atoms with E-state index in [4.69, 9.17) is 5.11 Å². The van der Waals surface area contributed by atoms with Gasteiger partial charge in [0.2, 0.25) is 0 Å². The highest BCUT2D eigenvalue weighted by molar-refractivity contribution is 14.1. The van der Waals surface area contributed by atoms with Crippen LogP contribution in [0.2, 0.25) is 0 Å². The van der Waals surface area contributed by atoms with Crippen LogP contribution in [0.15, 0.2) is 12.2 Å². The average Bonchev–Trinajstić information content (AvgIpc) is 2.13. The van der Waals surface area contributed by atoms with Gasteiger partial charge >= 0.3 is 16.1 Å². The molecule has 0 aliphatic carbocycles. The van der Waals surface area contributed by atoms with Gasteiger partial charge in [0.25, 0.3) is 0 Å². The lowest BCUT2D eigenvalue weighted by Gasteiger charge is -2.29. The highest BCUT2D eigenvalue weighted by Gasteiger charge is 2.60. The van der Waals surface area contributed by atoms with Gasteiger partial charge in [-0.3, -0.25) is 0 Å². The SMILES string of the molecule is C=C(C)C(C)(F)CCOC(O)(OC(=O)I)C(F)(F)F. The molecule has 0 bridgehead atoms. The van der Waals surface area contributed by atoms with Crippen molar-refractivity contribution in [3.63, 3.8) is 0 Å². The predicted octanol–water partition coefficient (Wildman–Crippen LogP) is 3.48. The van der Waals surface area contributed by atoms with Gasteiger partial charge in [-0.25, -0.2) is 9.18 Å². The Morgan fingerprint density at radius 3 is 2.16 bits per heavy atom. The van der Waals surface area contributed by atoms with Gasteiger partial charge < -0.3 is 14.6 Å². The van der Waals surface area contributed by atoms with Crippen molar-refractivity contribution in [1.29, 1.82) is 0 Å². The van der Waals surface area contributed by atoms with E-state index in [-0.39, 0.29) is 5.57 Å². The van der Waals surface area contributed by atoms with E-state index >= 15 is 0 Å². The number of aliphatic hydroxyl groups is 1. The Morgan fingerprint density at radius 1 is 1.37 bits per heavy atom. The minimum Gasteiger partial charge on any atom is -0.393 e. The maximum atomic E-state index is 13.7. The zero-order valence-corrected chi connectivity index (χ0v) is 12.3. The quantitative estimate of drug-likeness (QED) is 0.244. The van der Waals surface area contributed by atoms with Gasteiger partial charge in [0.1, 0.15) is 5.67 Å². The van der Waals surface area contributed by atoms with Crippen molar-refractivity contribution in [3.05, 3.63) is 12.2 Å². The summed E-state index contributed by atoms with van der Waals surface area (Å²) in [5, 5.41) is 9.11. The number of ether oxygens (including phenoxy) is 2. The Morgan fingerprint density at radius 2 is 1.84 bits per heavy atom. The van der Waals surface area contributed by atoms with Gasteiger partial charge in [-0.05, 0) is 19.4 Å². The van der Waals surface area contributed by atoms with Crippen LogP contribution in [-0.2, 0) is 9.47 Å². The largest absolute Gasteiger partial charge is 0.486 e. The summed E-state index contributed by atoms with van der Waals surface area (Å²) in [6.45, 7) is 4.99. The number of allylic oxidation sites excluding steroid dienone is 1. The first-order valence-corrected chi connectivity index (χ1v) is 6.06. The molecule has 0 amide bonds. The molecule has 0 radical (unpaired) electrons. The first-order valence-electron chi connectivity index (χ1n) is 4.98. The van der Waals surface area contributed by atoms with Crippen LogP contribution in [0.25, 0.3) is 0 Å². The molecule has 0 saturated heterocycles. The fourth-order valence-electron chi connectivity index (χ4n) is 0.872. The predicted molar refractivity (Wildman–Crippen MR) is 66.4 cm³/mol. The Balaban J connectivity index is 4.71. The summed E-state index contributed by atoms with van der Waals surface area (Å²) in [6, 6.07) is 0. The molecule has 0 rings (SSSR count). The Hall–Kier alpha value is -0.420. The molecule has 1 N–H and O–H groups in total. The second kappa shape index (κ2) is 6.35. The first kappa shape index (κ1) is 18.6. The van der Waals surface area contributed by atoms with E-state index in [1.807, 2.05) is 0 Å². The fourth-order valence-corrected chi connectivity index (χ4v) is 1.17. The molecule has 0 spiro atoms. The molecule has 0 heterocycles. The summed E-state index contributed by atoms with van der Waals surface area (Å²) in [7, 11) is 0. The Bertz CT molecular complexity index is 356. The zero-order chi connectivity index (χ0) is 15.5. The number of carbonyl (C=O) groups excluding carboxylic acids is 1. The van der Waals surface area contributed by atoms with E-state index in [1.165, 1.54) is 6.92 Å². The second-order valence-electron chi connectivity index (χ2n) is 4.00. The molecule has 19 heavy (non-hydrogen) atoms. The third kappa shape index (κ3) is 5.61. The number of hydrogen-bond acceptors (Lipinski definition) is 4. The van der Waals surface area contributed by atoms with Crippen LogP contribution < -0.4 is 0 Å². The van der Waals surface area contributed by atoms with Gasteiger partial charge in [0.05, 0.1) is 29.2 Å². The summed E-state index contributed by atoms with van der Waals surface area (Å²) in [5.74, 6) is -4.09. The lowest BCUT2D eigenvalue weighted by molar-refractivity contribution is -0.450. The molecule has 0 aliphatic rings. The third-order valence-electron chi connectivity index (χ3n) is 2.34. The number of rotatable bonds is 6. The van der Waals surface area contributed by atoms with E-state index in [1.54, 1.807) is 0 Å². The molecule has 112 valence electrons. The maximum absolute atomic E-state index is 13.7. The highest BCUT2D eigenvalue weighted by Crippen LogP contribution is 2.34. The molecule has 2 unspecified atom stereocenters. The summed E-state index contributed by atoms with van der Waals surface area (Å²) in [4.78, 5) is 10.5. The third-order valence-corrected chi connectivity index (χ3v) is 2.56. The standard InChI is InChI=1S/C10H13F4IO4/c1-6(2)8(3,11)4-5-18-10(17,9(12,13)14)19-7(15)16/h17H,1,4-5H2,2-3H3. The van der Waals surface area contributed by atoms with Crippen LogP contribution >= 0.6 is 22.6 Å². The molecule has 0 aromatic rings. The molecule has 0 aromatic carbocycles. The van der Waals surface area contributed by atoms with Gasteiger partial charge in [-0.15, -0.1) is 0 Å². The van der Waals surface area contributed by atoms with E-state index in [2.05, 4.69) is 16.1 Å². The number of alkyl halides is 4. The van der Waals surface area contributed by atoms with Crippen molar-refractivity contribution in [2.45, 2.75) is 38.1 Å². The van der Waals surface area contributed by atoms with Crippen LogP contribution in [0.3, 0.4) is 0 Å². The lowest BCUT2D eigenvalue weighted by Crippen LogP contribution is -2.51. The fraction of sp³-hybridized carbons (Fsp3) is 0.700. The van der Waals surface area contributed by atoms with Gasteiger partial charge in [-0.1, -0.05) is 6.58 Å². The van der Waals surface area contributed by atoms with Crippen molar-refractivity contribution in [2.75, 3.05) is 6.61 Å². The lowest BCUT2D eigenvalue weighted by atomic mass is 9.97. The molecule has 0 aromatic heterocycles. The molecular formula is C10H13F4IO4. The van der Waals surface area contributed by atoms with Crippen molar-refractivity contribution in [1.82, 2.24) is 0 Å². The Kier molecular flexibility index (Phi) is 6.21. The number of carbonyl (C=O) groups is 1.